The van der Waals surface area contributed by atoms with E-state index in [0.29, 0.717) is 12.5 Å². The lowest BCUT2D eigenvalue weighted by molar-refractivity contribution is 0.0951. The third-order valence-electron chi connectivity index (χ3n) is 6.33. The van der Waals surface area contributed by atoms with Gasteiger partial charge < -0.3 is 15.0 Å². The second-order valence-electron chi connectivity index (χ2n) is 8.58. The summed E-state index contributed by atoms with van der Waals surface area (Å²) in [6.07, 6.45) is 4.83. The number of benzene rings is 1. The van der Waals surface area contributed by atoms with Crippen molar-refractivity contribution in [2.75, 3.05) is 31.2 Å². The number of amides is 1. The molecule has 0 unspecified atom stereocenters. The lowest BCUT2D eigenvalue weighted by atomic mass is 9.84. The first-order chi connectivity index (χ1) is 15.2. The van der Waals surface area contributed by atoms with E-state index in [2.05, 4.69) is 22.1 Å². The van der Waals surface area contributed by atoms with Crippen molar-refractivity contribution in [3.8, 4) is 0 Å². The molecule has 0 spiro atoms. The average Bonchev–Trinajstić information content (AvgIpc) is 2.82. The van der Waals surface area contributed by atoms with Crippen LogP contribution >= 0.6 is 0 Å². The summed E-state index contributed by atoms with van der Waals surface area (Å²) in [5, 5.41) is 4.07. The molecule has 0 bridgehead atoms. The van der Waals surface area contributed by atoms with Crippen LogP contribution in [0.2, 0.25) is 0 Å². The largest absolute Gasteiger partial charge is 0.378 e. The minimum absolute atomic E-state index is 0.0267. The molecule has 1 N–H and O–H groups in total. The van der Waals surface area contributed by atoms with Gasteiger partial charge in [0.2, 0.25) is 0 Å². The molecule has 6 nitrogen and oxygen atoms in total. The van der Waals surface area contributed by atoms with Crippen LogP contribution in [0.5, 0.6) is 0 Å². The molecule has 3 heterocycles. The van der Waals surface area contributed by atoms with E-state index in [1.54, 1.807) is 0 Å². The van der Waals surface area contributed by atoms with Crippen LogP contribution in [0.1, 0.15) is 40.5 Å². The molecule has 5 rings (SSSR count). The number of hydrogen-bond donors (Lipinski definition) is 1. The van der Waals surface area contributed by atoms with Crippen molar-refractivity contribution < 1.29 is 9.53 Å². The first-order valence-electron chi connectivity index (χ1n) is 11.2. The number of ether oxygens (including phenoxy) is 1. The number of aryl methyl sites for hydroxylation is 1. The zero-order valence-electron chi connectivity index (χ0n) is 17.9. The van der Waals surface area contributed by atoms with Gasteiger partial charge in [-0.05, 0) is 48.4 Å². The van der Waals surface area contributed by atoms with Crippen LogP contribution in [0.15, 0.2) is 42.6 Å². The highest BCUT2D eigenvalue weighted by atomic mass is 16.5. The van der Waals surface area contributed by atoms with Crippen molar-refractivity contribution in [2.45, 2.75) is 32.7 Å². The van der Waals surface area contributed by atoms with E-state index in [4.69, 9.17) is 9.72 Å². The number of rotatable bonds is 4. The SMILES string of the molecule is C[C@@H]1CCc2nc3ccccc3c(C(=O)NCc3ccc(N4CCOCC4)nc3)c2C1. The van der Waals surface area contributed by atoms with Crippen LogP contribution in [-0.4, -0.2) is 42.2 Å². The van der Waals surface area contributed by atoms with Crippen molar-refractivity contribution in [3.05, 3.63) is 65.0 Å². The first-order valence-corrected chi connectivity index (χ1v) is 11.2. The molecular formula is C25H28N4O2. The Hall–Kier alpha value is -2.99. The third-order valence-corrected chi connectivity index (χ3v) is 6.33. The molecule has 2 aromatic heterocycles. The predicted molar refractivity (Wildman–Crippen MR) is 121 cm³/mol. The monoisotopic (exact) mass is 416 g/mol. The maximum absolute atomic E-state index is 13.3. The van der Waals surface area contributed by atoms with Crippen LogP contribution in [0, 0.1) is 5.92 Å². The number of fused-ring (bicyclic) bond motifs is 2. The molecule has 3 aromatic rings. The van der Waals surface area contributed by atoms with Crippen LogP contribution in [0.4, 0.5) is 5.82 Å². The molecule has 31 heavy (non-hydrogen) atoms. The average molecular weight is 417 g/mol. The quantitative estimate of drug-likeness (QED) is 0.705. The molecule has 1 aliphatic heterocycles. The van der Waals surface area contributed by atoms with E-state index in [1.165, 1.54) is 0 Å². The van der Waals surface area contributed by atoms with Gasteiger partial charge in [-0.25, -0.2) is 4.98 Å². The van der Waals surface area contributed by atoms with E-state index in [1.807, 2.05) is 42.6 Å². The smallest absolute Gasteiger partial charge is 0.252 e. The highest BCUT2D eigenvalue weighted by Gasteiger charge is 2.25. The lowest BCUT2D eigenvalue weighted by Gasteiger charge is -2.27. The molecule has 0 saturated carbocycles. The first kappa shape index (κ1) is 19.9. The summed E-state index contributed by atoms with van der Waals surface area (Å²) in [5.74, 6) is 1.50. The molecule has 1 amide bonds. The van der Waals surface area contributed by atoms with Gasteiger partial charge in [0.05, 0.1) is 24.3 Å². The number of carbonyl (C=O) groups excluding carboxylic acids is 1. The Balaban J connectivity index is 1.36. The molecule has 2 aliphatic rings. The summed E-state index contributed by atoms with van der Waals surface area (Å²) in [6, 6.07) is 12.0. The van der Waals surface area contributed by atoms with Crippen LogP contribution in [0.25, 0.3) is 10.9 Å². The summed E-state index contributed by atoms with van der Waals surface area (Å²) in [5.41, 5.74) is 4.89. The van der Waals surface area contributed by atoms with Crippen LogP contribution < -0.4 is 10.2 Å². The third kappa shape index (κ3) is 4.12. The maximum Gasteiger partial charge on any atom is 0.252 e. The molecule has 1 aromatic carbocycles. The summed E-state index contributed by atoms with van der Waals surface area (Å²) in [4.78, 5) is 25.0. The number of para-hydroxylation sites is 1. The predicted octanol–water partition coefficient (Wildman–Crippen LogP) is 3.52. The summed E-state index contributed by atoms with van der Waals surface area (Å²) in [7, 11) is 0. The van der Waals surface area contributed by atoms with Gasteiger partial charge in [-0.15, -0.1) is 0 Å². The Morgan fingerprint density at radius 3 is 2.84 bits per heavy atom. The molecule has 0 radical (unpaired) electrons. The van der Waals surface area contributed by atoms with E-state index in [9.17, 15) is 4.79 Å². The van der Waals surface area contributed by atoms with Gasteiger partial charge in [0, 0.05) is 36.9 Å². The van der Waals surface area contributed by atoms with Crippen molar-refractivity contribution in [3.63, 3.8) is 0 Å². The molecule has 1 atom stereocenters. The van der Waals surface area contributed by atoms with Crippen LogP contribution in [-0.2, 0) is 24.1 Å². The standard InChI is InChI=1S/C25H28N4O2/c1-17-6-8-22-20(14-17)24(19-4-2-3-5-21(19)28-22)25(30)27-16-18-7-9-23(26-15-18)29-10-12-31-13-11-29/h2-5,7,9,15,17H,6,8,10-14,16H2,1H3,(H,27,30)/t17-/m1/s1. The van der Waals surface area contributed by atoms with E-state index in [-0.39, 0.29) is 5.91 Å². The Morgan fingerprint density at radius 1 is 1.19 bits per heavy atom. The number of nitrogens with zero attached hydrogens (tertiary/aromatic N) is 3. The number of carbonyl (C=O) groups is 1. The Labute approximate surface area is 182 Å². The van der Waals surface area contributed by atoms with Crippen molar-refractivity contribution >= 4 is 22.6 Å². The molecule has 6 heteroatoms. The molecule has 1 fully saturated rings. The minimum Gasteiger partial charge on any atom is -0.378 e. The number of aromatic nitrogens is 2. The minimum atomic E-state index is -0.0267. The van der Waals surface area contributed by atoms with Gasteiger partial charge >= 0.3 is 0 Å². The van der Waals surface area contributed by atoms with Gasteiger partial charge in [-0.2, -0.15) is 0 Å². The summed E-state index contributed by atoms with van der Waals surface area (Å²) < 4.78 is 5.41. The number of nitrogens with one attached hydrogen (secondary N) is 1. The number of hydrogen-bond acceptors (Lipinski definition) is 5. The second kappa shape index (κ2) is 8.63. The fraction of sp³-hybridized carbons (Fsp3) is 0.400. The van der Waals surface area contributed by atoms with Crippen molar-refractivity contribution in [2.24, 2.45) is 5.92 Å². The second-order valence-corrected chi connectivity index (χ2v) is 8.58. The van der Waals surface area contributed by atoms with Gasteiger partial charge in [0.15, 0.2) is 0 Å². The Morgan fingerprint density at radius 2 is 2.03 bits per heavy atom. The normalized spacial score (nSPS) is 18.6. The number of anilines is 1. The van der Waals surface area contributed by atoms with Gasteiger partial charge in [0.25, 0.3) is 5.91 Å². The lowest BCUT2D eigenvalue weighted by Crippen LogP contribution is -2.36. The summed E-state index contributed by atoms with van der Waals surface area (Å²) in [6.45, 7) is 5.91. The molecule has 160 valence electrons. The maximum atomic E-state index is 13.3. The van der Waals surface area contributed by atoms with E-state index < -0.39 is 0 Å². The van der Waals surface area contributed by atoms with Gasteiger partial charge in [-0.3, -0.25) is 9.78 Å². The van der Waals surface area contributed by atoms with E-state index >= 15 is 0 Å². The Kier molecular flexibility index (Phi) is 5.55. The summed E-state index contributed by atoms with van der Waals surface area (Å²) >= 11 is 0. The topological polar surface area (TPSA) is 67.4 Å². The van der Waals surface area contributed by atoms with E-state index in [0.717, 1.165) is 84.7 Å². The Bertz CT molecular complexity index is 1090. The van der Waals surface area contributed by atoms with Gasteiger partial charge in [-0.1, -0.05) is 31.2 Å². The zero-order valence-corrected chi connectivity index (χ0v) is 17.9. The molecule has 1 aliphatic carbocycles. The number of pyridine rings is 2. The fourth-order valence-electron chi connectivity index (χ4n) is 4.59. The number of morpholine rings is 1. The fourth-order valence-corrected chi connectivity index (χ4v) is 4.59. The molecule has 1 saturated heterocycles. The van der Waals surface area contributed by atoms with Crippen LogP contribution in [0.3, 0.4) is 0 Å². The zero-order chi connectivity index (χ0) is 21.2. The van der Waals surface area contributed by atoms with Gasteiger partial charge in [0.1, 0.15) is 5.82 Å². The van der Waals surface area contributed by atoms with Crippen molar-refractivity contribution in [1.82, 2.24) is 15.3 Å². The molecular weight excluding hydrogens is 388 g/mol. The van der Waals surface area contributed by atoms with Crippen molar-refractivity contribution in [1.29, 1.82) is 0 Å². The highest BCUT2D eigenvalue weighted by Crippen LogP contribution is 2.31. The highest BCUT2D eigenvalue weighted by molar-refractivity contribution is 6.07.